The Hall–Kier alpha value is -1.57. The second-order valence-corrected chi connectivity index (χ2v) is 2.94. The van der Waals surface area contributed by atoms with Gasteiger partial charge in [-0.05, 0) is 30.0 Å². The summed E-state index contributed by atoms with van der Waals surface area (Å²) in [7, 11) is 3.99. The molecule has 0 aliphatic carbocycles. The normalized spacial score (nSPS) is 11.2. The molecule has 0 fully saturated rings. The van der Waals surface area contributed by atoms with E-state index in [1.807, 2.05) is 55.6 Å². The molecule has 1 aromatic heterocycles. The molecule has 13 heavy (non-hydrogen) atoms. The number of nitrogens with zero attached hydrogens (tertiary/aromatic N) is 2. The average Bonchev–Trinajstić information content (AvgIpc) is 2.14. The minimum atomic E-state index is 1.17. The largest absolute Gasteiger partial charge is 0.383 e. The summed E-state index contributed by atoms with van der Waals surface area (Å²) in [6, 6.07) is 3.94. The first-order valence-corrected chi connectivity index (χ1v) is 4.20. The van der Waals surface area contributed by atoms with Crippen LogP contribution in [0.3, 0.4) is 0 Å². The maximum Gasteiger partial charge on any atom is 0.0273 e. The molecule has 0 bridgehead atoms. The average molecular weight is 174 g/mol. The molecule has 0 spiro atoms. The second kappa shape index (κ2) is 5.14. The second-order valence-electron chi connectivity index (χ2n) is 2.94. The van der Waals surface area contributed by atoms with E-state index in [1.54, 1.807) is 12.4 Å². The van der Waals surface area contributed by atoms with Crippen LogP contribution in [0.15, 0.2) is 42.9 Å². The third-order valence-corrected chi connectivity index (χ3v) is 1.49. The highest BCUT2D eigenvalue weighted by Gasteiger charge is 1.80. The molecule has 0 atom stereocenters. The van der Waals surface area contributed by atoms with E-state index in [0.717, 1.165) is 0 Å². The summed E-state index contributed by atoms with van der Waals surface area (Å²) in [6.45, 7) is 0. The summed E-state index contributed by atoms with van der Waals surface area (Å²) in [4.78, 5) is 5.94. The molecule has 0 radical (unpaired) electrons. The van der Waals surface area contributed by atoms with E-state index in [0.29, 0.717) is 0 Å². The molecule has 2 heteroatoms. The smallest absolute Gasteiger partial charge is 0.0273 e. The number of allylic oxidation sites excluding steroid dienone is 2. The van der Waals surface area contributed by atoms with Crippen molar-refractivity contribution < 1.29 is 0 Å². The van der Waals surface area contributed by atoms with Gasteiger partial charge in [-0.15, -0.1) is 0 Å². The lowest BCUT2D eigenvalue weighted by Gasteiger charge is -2.00. The Kier molecular flexibility index (Phi) is 3.76. The van der Waals surface area contributed by atoms with Crippen molar-refractivity contribution in [2.45, 2.75) is 0 Å². The molecular formula is C11H14N2. The molecule has 0 unspecified atom stereocenters. The van der Waals surface area contributed by atoms with Gasteiger partial charge in [0.1, 0.15) is 0 Å². The van der Waals surface area contributed by atoms with Gasteiger partial charge in [-0.1, -0.05) is 12.2 Å². The standard InChI is InChI=1S/C11H14N2/c1-13(2)10-4-3-5-11-6-8-12-9-7-11/h3-10H,1-2H3/b5-3+,10-4+. The molecule has 1 aromatic rings. The Morgan fingerprint density at radius 1 is 1.15 bits per heavy atom. The van der Waals surface area contributed by atoms with Crippen LogP contribution >= 0.6 is 0 Å². The summed E-state index contributed by atoms with van der Waals surface area (Å²) in [6.07, 6.45) is 11.6. The molecule has 1 heterocycles. The summed E-state index contributed by atoms with van der Waals surface area (Å²) in [5.41, 5.74) is 1.17. The lowest BCUT2D eigenvalue weighted by Crippen LogP contribution is -1.99. The van der Waals surface area contributed by atoms with E-state index in [1.165, 1.54) is 5.56 Å². The molecular weight excluding hydrogens is 160 g/mol. The van der Waals surface area contributed by atoms with Crippen molar-refractivity contribution in [3.63, 3.8) is 0 Å². The maximum atomic E-state index is 3.94. The van der Waals surface area contributed by atoms with Gasteiger partial charge in [-0.3, -0.25) is 4.98 Å². The lowest BCUT2D eigenvalue weighted by molar-refractivity contribution is 0.564. The molecule has 0 amide bonds. The van der Waals surface area contributed by atoms with Gasteiger partial charge in [-0.25, -0.2) is 0 Å². The topological polar surface area (TPSA) is 16.1 Å². The van der Waals surface area contributed by atoms with Crippen LogP contribution in [0.1, 0.15) is 5.56 Å². The van der Waals surface area contributed by atoms with Gasteiger partial charge in [0, 0.05) is 26.5 Å². The third kappa shape index (κ3) is 4.11. The third-order valence-electron chi connectivity index (χ3n) is 1.49. The van der Waals surface area contributed by atoms with Crippen LogP contribution in [0.25, 0.3) is 6.08 Å². The van der Waals surface area contributed by atoms with Crippen molar-refractivity contribution in [2.24, 2.45) is 0 Å². The van der Waals surface area contributed by atoms with E-state index >= 15 is 0 Å². The fraction of sp³-hybridized carbons (Fsp3) is 0.182. The van der Waals surface area contributed by atoms with Crippen molar-refractivity contribution >= 4 is 6.08 Å². The van der Waals surface area contributed by atoms with Crippen molar-refractivity contribution in [1.82, 2.24) is 9.88 Å². The highest BCUT2D eigenvalue weighted by atomic mass is 15.0. The van der Waals surface area contributed by atoms with Gasteiger partial charge in [-0.2, -0.15) is 0 Å². The minimum absolute atomic E-state index is 1.17. The van der Waals surface area contributed by atoms with Crippen molar-refractivity contribution in [3.8, 4) is 0 Å². The zero-order valence-electron chi connectivity index (χ0n) is 8.01. The Morgan fingerprint density at radius 3 is 2.46 bits per heavy atom. The fourth-order valence-corrected chi connectivity index (χ4v) is 0.863. The van der Waals surface area contributed by atoms with Crippen LogP contribution in [0.5, 0.6) is 0 Å². The van der Waals surface area contributed by atoms with E-state index in [2.05, 4.69) is 4.98 Å². The molecule has 2 nitrogen and oxygen atoms in total. The van der Waals surface area contributed by atoms with E-state index in [9.17, 15) is 0 Å². The van der Waals surface area contributed by atoms with Gasteiger partial charge < -0.3 is 4.90 Å². The summed E-state index contributed by atoms with van der Waals surface area (Å²) < 4.78 is 0. The highest BCUT2D eigenvalue weighted by molar-refractivity contribution is 5.49. The predicted octanol–water partition coefficient (Wildman–Crippen LogP) is 2.17. The first-order valence-electron chi connectivity index (χ1n) is 4.20. The van der Waals surface area contributed by atoms with Crippen molar-refractivity contribution in [1.29, 1.82) is 0 Å². The fourth-order valence-electron chi connectivity index (χ4n) is 0.863. The van der Waals surface area contributed by atoms with Crippen LogP contribution < -0.4 is 0 Å². The number of rotatable bonds is 3. The van der Waals surface area contributed by atoms with Gasteiger partial charge in [0.05, 0.1) is 0 Å². The molecule has 0 N–H and O–H groups in total. The van der Waals surface area contributed by atoms with Gasteiger partial charge in [0.15, 0.2) is 0 Å². The van der Waals surface area contributed by atoms with Gasteiger partial charge in [0.2, 0.25) is 0 Å². The van der Waals surface area contributed by atoms with Crippen molar-refractivity contribution in [2.75, 3.05) is 14.1 Å². The number of pyridine rings is 1. The summed E-state index contributed by atoms with van der Waals surface area (Å²) in [5, 5.41) is 0. The molecule has 0 aliphatic rings. The lowest BCUT2D eigenvalue weighted by atomic mass is 10.2. The van der Waals surface area contributed by atoms with Crippen molar-refractivity contribution in [3.05, 3.63) is 48.4 Å². The summed E-state index contributed by atoms with van der Waals surface area (Å²) >= 11 is 0. The van der Waals surface area contributed by atoms with E-state index in [4.69, 9.17) is 0 Å². The number of aromatic nitrogens is 1. The van der Waals surface area contributed by atoms with Crippen LogP contribution in [-0.4, -0.2) is 24.0 Å². The number of hydrogen-bond donors (Lipinski definition) is 0. The molecule has 68 valence electrons. The van der Waals surface area contributed by atoms with Crippen LogP contribution in [-0.2, 0) is 0 Å². The molecule has 0 saturated heterocycles. The monoisotopic (exact) mass is 174 g/mol. The SMILES string of the molecule is CN(C)/C=C/C=C/c1ccncc1. The number of hydrogen-bond acceptors (Lipinski definition) is 2. The minimum Gasteiger partial charge on any atom is -0.383 e. The van der Waals surface area contributed by atoms with Gasteiger partial charge >= 0.3 is 0 Å². The predicted molar refractivity (Wildman–Crippen MR) is 56.1 cm³/mol. The molecule has 0 saturated carbocycles. The Bertz CT molecular complexity index is 286. The molecule has 1 rings (SSSR count). The maximum absolute atomic E-state index is 3.94. The zero-order valence-corrected chi connectivity index (χ0v) is 8.01. The Labute approximate surface area is 79.2 Å². The highest BCUT2D eigenvalue weighted by Crippen LogP contribution is 1.98. The van der Waals surface area contributed by atoms with E-state index < -0.39 is 0 Å². The Morgan fingerprint density at radius 2 is 1.85 bits per heavy atom. The van der Waals surface area contributed by atoms with Crippen LogP contribution in [0, 0.1) is 0 Å². The zero-order chi connectivity index (χ0) is 9.52. The van der Waals surface area contributed by atoms with Gasteiger partial charge in [0.25, 0.3) is 0 Å². The Balaban J connectivity index is 2.50. The quantitative estimate of drug-likeness (QED) is 0.653. The molecule has 0 aliphatic heterocycles. The first-order chi connectivity index (χ1) is 6.29. The molecule has 0 aromatic carbocycles. The summed E-state index contributed by atoms with van der Waals surface area (Å²) in [5.74, 6) is 0. The van der Waals surface area contributed by atoms with E-state index in [-0.39, 0.29) is 0 Å². The van der Waals surface area contributed by atoms with Crippen LogP contribution in [0.4, 0.5) is 0 Å². The van der Waals surface area contributed by atoms with Crippen LogP contribution in [0.2, 0.25) is 0 Å². The first kappa shape index (κ1) is 9.52.